The molecule has 0 bridgehead atoms. The lowest BCUT2D eigenvalue weighted by molar-refractivity contribution is -0.117. The molecule has 0 radical (unpaired) electrons. The number of aromatic nitrogens is 2. The highest BCUT2D eigenvalue weighted by atomic mass is 16.3. The molecule has 3 atom stereocenters. The number of anilines is 2. The van der Waals surface area contributed by atoms with Crippen molar-refractivity contribution < 1.29 is 9.90 Å². The van der Waals surface area contributed by atoms with E-state index < -0.39 is 0 Å². The topological polar surface area (TPSA) is 81.6 Å². The van der Waals surface area contributed by atoms with Crippen LogP contribution in [0.15, 0.2) is 42.7 Å². The Labute approximate surface area is 190 Å². The molecule has 7 nitrogen and oxygen atoms in total. The van der Waals surface area contributed by atoms with E-state index in [1.54, 1.807) is 19.3 Å². The van der Waals surface area contributed by atoms with Gasteiger partial charge in [0.1, 0.15) is 0 Å². The Morgan fingerprint density at radius 1 is 1.28 bits per heavy atom. The normalized spacial score (nSPS) is 23.4. The van der Waals surface area contributed by atoms with Gasteiger partial charge in [0.25, 0.3) is 0 Å². The van der Waals surface area contributed by atoms with Gasteiger partial charge in [-0.25, -0.2) is 9.97 Å². The zero-order chi connectivity index (χ0) is 22.7. The number of hydrogen-bond donors (Lipinski definition) is 2. The smallest absolute Gasteiger partial charge is 0.224 e. The van der Waals surface area contributed by atoms with Crippen molar-refractivity contribution in [2.75, 3.05) is 36.5 Å². The summed E-state index contributed by atoms with van der Waals surface area (Å²) in [5.41, 5.74) is 4.59. The fraction of sp³-hybridized carbons (Fsp3) is 0.480. The van der Waals surface area contributed by atoms with Crippen molar-refractivity contribution in [1.82, 2.24) is 14.9 Å². The minimum atomic E-state index is 0.00276. The molecule has 0 fully saturated rings. The number of fused-ring (bicyclic) bond motifs is 1. The van der Waals surface area contributed by atoms with E-state index in [1.165, 1.54) is 11.1 Å². The van der Waals surface area contributed by atoms with Gasteiger partial charge in [0.2, 0.25) is 11.9 Å². The van der Waals surface area contributed by atoms with Gasteiger partial charge in [-0.1, -0.05) is 26.0 Å². The lowest BCUT2D eigenvalue weighted by Gasteiger charge is -2.45. The van der Waals surface area contributed by atoms with E-state index in [0.29, 0.717) is 12.5 Å². The van der Waals surface area contributed by atoms with E-state index in [2.05, 4.69) is 58.3 Å². The Hall–Kier alpha value is -2.77. The van der Waals surface area contributed by atoms with E-state index in [-0.39, 0.29) is 30.5 Å². The second-order valence-electron chi connectivity index (χ2n) is 8.70. The first-order valence-corrected chi connectivity index (χ1v) is 11.5. The number of hydrogen-bond acceptors (Lipinski definition) is 6. The van der Waals surface area contributed by atoms with Crippen LogP contribution in [0.1, 0.15) is 50.8 Å². The molecule has 4 rings (SSSR count). The summed E-state index contributed by atoms with van der Waals surface area (Å²) in [5.74, 6) is 0.864. The Bertz CT molecular complexity index is 978. The van der Waals surface area contributed by atoms with Gasteiger partial charge in [0, 0.05) is 56.6 Å². The number of nitrogens with one attached hydrogen (secondary N) is 1. The third kappa shape index (κ3) is 4.40. The minimum absolute atomic E-state index is 0.00276. The van der Waals surface area contributed by atoms with Crippen molar-refractivity contribution in [1.29, 1.82) is 0 Å². The van der Waals surface area contributed by atoms with Crippen LogP contribution in [0.5, 0.6) is 0 Å². The van der Waals surface area contributed by atoms with Gasteiger partial charge in [0.05, 0.1) is 12.6 Å². The van der Waals surface area contributed by atoms with E-state index in [0.717, 1.165) is 37.2 Å². The third-order valence-corrected chi connectivity index (χ3v) is 6.77. The maximum Gasteiger partial charge on any atom is 0.224 e. The van der Waals surface area contributed by atoms with Crippen LogP contribution in [0.25, 0.3) is 5.57 Å². The molecule has 170 valence electrons. The predicted octanol–water partition coefficient (Wildman–Crippen LogP) is 3.49. The van der Waals surface area contributed by atoms with Crippen LogP contribution in [0.3, 0.4) is 0 Å². The van der Waals surface area contributed by atoms with Crippen LogP contribution in [-0.4, -0.2) is 58.2 Å². The molecule has 1 aromatic heterocycles. The van der Waals surface area contributed by atoms with Crippen LogP contribution >= 0.6 is 0 Å². The molecule has 2 aromatic rings. The SMILES string of the molecule is CC[C@H]1[C@H](C)[C@@H](Nc2ncccn2)c2cc(C3=CCN(CCO)CC3)ccc2N1C(C)=O. The number of carbonyl (C=O) groups excluding carboxylic acids is 1. The first-order chi connectivity index (χ1) is 15.5. The summed E-state index contributed by atoms with van der Waals surface area (Å²) in [6, 6.07) is 8.39. The van der Waals surface area contributed by atoms with E-state index >= 15 is 0 Å². The molecule has 0 spiro atoms. The number of amides is 1. The first kappa shape index (κ1) is 22.4. The van der Waals surface area contributed by atoms with Gasteiger partial charge in [-0.05, 0) is 47.7 Å². The minimum Gasteiger partial charge on any atom is -0.395 e. The van der Waals surface area contributed by atoms with Gasteiger partial charge in [-0.3, -0.25) is 9.69 Å². The molecule has 0 unspecified atom stereocenters. The molecule has 7 heteroatoms. The highest BCUT2D eigenvalue weighted by Gasteiger charge is 2.40. The molecule has 1 aromatic carbocycles. The van der Waals surface area contributed by atoms with Crippen LogP contribution in [-0.2, 0) is 4.79 Å². The number of aliphatic hydroxyl groups is 1. The molecule has 2 N–H and O–H groups in total. The van der Waals surface area contributed by atoms with Crippen LogP contribution < -0.4 is 10.2 Å². The van der Waals surface area contributed by atoms with E-state index in [4.69, 9.17) is 0 Å². The Balaban J connectivity index is 1.74. The van der Waals surface area contributed by atoms with Gasteiger partial charge in [-0.2, -0.15) is 0 Å². The zero-order valence-electron chi connectivity index (χ0n) is 19.2. The molecule has 2 aliphatic rings. The highest BCUT2D eigenvalue weighted by Crippen LogP contribution is 2.44. The summed E-state index contributed by atoms with van der Waals surface area (Å²) in [6.07, 6.45) is 7.56. The van der Waals surface area contributed by atoms with E-state index in [9.17, 15) is 9.90 Å². The number of carbonyl (C=O) groups is 1. The number of rotatable bonds is 6. The molecule has 2 aliphatic heterocycles. The first-order valence-electron chi connectivity index (χ1n) is 11.5. The van der Waals surface area contributed by atoms with Crippen LogP contribution in [0.2, 0.25) is 0 Å². The molecule has 0 saturated heterocycles. The third-order valence-electron chi connectivity index (χ3n) is 6.77. The fourth-order valence-corrected chi connectivity index (χ4v) is 5.14. The van der Waals surface area contributed by atoms with Crippen molar-refractivity contribution in [3.05, 3.63) is 53.9 Å². The number of nitrogens with zero attached hydrogens (tertiary/aromatic N) is 4. The predicted molar refractivity (Wildman–Crippen MR) is 127 cm³/mol. The second-order valence-corrected chi connectivity index (χ2v) is 8.70. The van der Waals surface area contributed by atoms with Gasteiger partial charge in [0.15, 0.2) is 0 Å². The zero-order valence-corrected chi connectivity index (χ0v) is 19.2. The largest absolute Gasteiger partial charge is 0.395 e. The standard InChI is InChI=1S/C25H33N5O2/c1-4-22-17(2)24(28-25-26-10-5-11-27-25)21-16-20(6-7-23(21)30(22)18(3)32)19-8-12-29(13-9-19)14-15-31/h5-8,10-11,16-17,22,24,31H,4,9,12-15H2,1-3H3,(H,26,27,28)/t17-,22-,24+/m0/s1. The fourth-order valence-electron chi connectivity index (χ4n) is 5.14. The van der Waals surface area contributed by atoms with Crippen molar-refractivity contribution in [2.45, 2.75) is 45.7 Å². The highest BCUT2D eigenvalue weighted by molar-refractivity contribution is 5.94. The molecule has 0 saturated carbocycles. The maximum absolute atomic E-state index is 12.7. The van der Waals surface area contributed by atoms with Crippen molar-refractivity contribution in [3.8, 4) is 0 Å². The number of aliphatic hydroxyl groups excluding tert-OH is 1. The van der Waals surface area contributed by atoms with Gasteiger partial charge < -0.3 is 15.3 Å². The van der Waals surface area contributed by atoms with Crippen molar-refractivity contribution in [3.63, 3.8) is 0 Å². The number of β-amino-alcohol motifs (C(OH)–C–C–N with tert-alkyl or cyclic N) is 1. The van der Waals surface area contributed by atoms with E-state index in [1.807, 2.05) is 11.0 Å². The summed E-state index contributed by atoms with van der Waals surface area (Å²) in [4.78, 5) is 25.7. The summed E-state index contributed by atoms with van der Waals surface area (Å²) < 4.78 is 0. The van der Waals surface area contributed by atoms with Crippen molar-refractivity contribution in [2.24, 2.45) is 5.92 Å². The maximum atomic E-state index is 12.7. The number of benzene rings is 1. The molecule has 32 heavy (non-hydrogen) atoms. The Kier molecular flexibility index (Phi) is 6.86. The average molecular weight is 436 g/mol. The van der Waals surface area contributed by atoms with Gasteiger partial charge in [-0.15, -0.1) is 0 Å². The summed E-state index contributed by atoms with van der Waals surface area (Å²) in [7, 11) is 0. The summed E-state index contributed by atoms with van der Waals surface area (Å²) in [5, 5.41) is 12.8. The quantitative estimate of drug-likeness (QED) is 0.723. The lowest BCUT2D eigenvalue weighted by Crippen LogP contribution is -2.49. The van der Waals surface area contributed by atoms with Crippen molar-refractivity contribution >= 4 is 23.1 Å². The van der Waals surface area contributed by atoms with Crippen LogP contribution in [0.4, 0.5) is 11.6 Å². The molecule has 0 aliphatic carbocycles. The van der Waals surface area contributed by atoms with Crippen LogP contribution in [0, 0.1) is 5.92 Å². The summed E-state index contributed by atoms with van der Waals surface area (Å²) >= 11 is 0. The molecular weight excluding hydrogens is 402 g/mol. The second kappa shape index (κ2) is 9.79. The molecular formula is C25H33N5O2. The molecule has 3 heterocycles. The summed E-state index contributed by atoms with van der Waals surface area (Å²) in [6.45, 7) is 8.68. The lowest BCUT2D eigenvalue weighted by atomic mass is 9.80. The Morgan fingerprint density at radius 3 is 2.69 bits per heavy atom. The Morgan fingerprint density at radius 2 is 2.06 bits per heavy atom. The molecule has 1 amide bonds. The van der Waals surface area contributed by atoms with Gasteiger partial charge >= 0.3 is 0 Å². The monoisotopic (exact) mass is 435 g/mol. The average Bonchev–Trinajstić information content (AvgIpc) is 2.81.